The lowest BCUT2D eigenvalue weighted by atomic mass is 10.0. The van der Waals surface area contributed by atoms with E-state index in [9.17, 15) is 18.0 Å². The molecule has 0 spiro atoms. The largest absolute Gasteiger partial charge is 0.416 e. The Kier molecular flexibility index (Phi) is 4.32. The van der Waals surface area contributed by atoms with Gasteiger partial charge in [0.25, 0.3) is 5.91 Å². The predicted octanol–water partition coefficient (Wildman–Crippen LogP) is 2.92. The zero-order valence-electron chi connectivity index (χ0n) is 11.1. The molecule has 0 atom stereocenters. The minimum atomic E-state index is -4.39. The lowest BCUT2D eigenvalue weighted by molar-refractivity contribution is -0.137. The summed E-state index contributed by atoms with van der Waals surface area (Å²) in [4.78, 5) is 12.1. The van der Waals surface area contributed by atoms with Crippen molar-refractivity contribution in [1.29, 1.82) is 0 Å². The number of amides is 1. The van der Waals surface area contributed by atoms with Gasteiger partial charge < -0.3 is 10.1 Å². The van der Waals surface area contributed by atoms with Gasteiger partial charge >= 0.3 is 6.18 Å². The Balaban J connectivity index is 2.10. The normalized spacial score (nSPS) is 17.0. The molecule has 1 amide bonds. The molecule has 1 fully saturated rings. The van der Waals surface area contributed by atoms with Crippen LogP contribution in [0.5, 0.6) is 0 Å². The molecule has 3 nitrogen and oxygen atoms in total. The van der Waals surface area contributed by atoms with Crippen LogP contribution >= 0.6 is 0 Å². The molecule has 0 bridgehead atoms. The van der Waals surface area contributed by atoms with Gasteiger partial charge in [0, 0.05) is 24.8 Å². The number of carbonyl (C=O) groups excluding carboxylic acids is 1. The Hall–Kier alpha value is -1.56. The smallest absolute Gasteiger partial charge is 0.381 e. The molecule has 1 aromatic rings. The van der Waals surface area contributed by atoms with Crippen LogP contribution in [0.3, 0.4) is 0 Å². The van der Waals surface area contributed by atoms with E-state index in [-0.39, 0.29) is 17.5 Å². The van der Waals surface area contributed by atoms with Crippen molar-refractivity contribution in [3.05, 3.63) is 34.9 Å². The van der Waals surface area contributed by atoms with Gasteiger partial charge in [0.1, 0.15) is 0 Å². The third-order valence-electron chi connectivity index (χ3n) is 3.35. The van der Waals surface area contributed by atoms with E-state index >= 15 is 0 Å². The number of nitrogens with one attached hydrogen (secondary N) is 1. The Bertz CT molecular complexity index is 494. The average molecular weight is 287 g/mol. The molecule has 0 saturated carbocycles. The summed E-state index contributed by atoms with van der Waals surface area (Å²) >= 11 is 0. The molecule has 20 heavy (non-hydrogen) atoms. The van der Waals surface area contributed by atoms with Gasteiger partial charge in [-0.1, -0.05) is 0 Å². The van der Waals surface area contributed by atoms with Crippen molar-refractivity contribution < 1.29 is 22.7 Å². The monoisotopic (exact) mass is 287 g/mol. The Morgan fingerprint density at radius 3 is 2.50 bits per heavy atom. The zero-order chi connectivity index (χ0) is 14.8. The number of hydrogen-bond acceptors (Lipinski definition) is 2. The van der Waals surface area contributed by atoms with Gasteiger partial charge in [-0.05, 0) is 43.5 Å². The minimum Gasteiger partial charge on any atom is -0.381 e. The van der Waals surface area contributed by atoms with E-state index in [1.165, 1.54) is 13.0 Å². The first-order chi connectivity index (χ1) is 9.38. The molecule has 2 rings (SSSR count). The summed E-state index contributed by atoms with van der Waals surface area (Å²) < 4.78 is 42.9. The Labute approximate surface area is 115 Å². The third-order valence-corrected chi connectivity index (χ3v) is 3.35. The number of aryl methyl sites for hydroxylation is 1. The quantitative estimate of drug-likeness (QED) is 0.908. The first-order valence-corrected chi connectivity index (χ1v) is 6.44. The van der Waals surface area contributed by atoms with Crippen LogP contribution in [0.1, 0.15) is 34.3 Å². The summed E-state index contributed by atoms with van der Waals surface area (Å²) in [7, 11) is 0. The Morgan fingerprint density at radius 1 is 1.30 bits per heavy atom. The van der Waals surface area contributed by atoms with Crippen LogP contribution in [-0.2, 0) is 10.9 Å². The molecule has 1 aliphatic heterocycles. The molecular formula is C14H16F3NO2. The highest BCUT2D eigenvalue weighted by molar-refractivity contribution is 5.95. The van der Waals surface area contributed by atoms with Crippen LogP contribution in [-0.4, -0.2) is 25.2 Å². The number of ether oxygens (including phenoxy) is 1. The van der Waals surface area contributed by atoms with E-state index in [1.54, 1.807) is 0 Å². The SMILES string of the molecule is Cc1cc(C(F)(F)F)ccc1C(=O)NC1CCOCC1. The maximum absolute atomic E-state index is 12.6. The summed E-state index contributed by atoms with van der Waals surface area (Å²) in [5, 5.41) is 2.83. The van der Waals surface area contributed by atoms with E-state index in [0.29, 0.717) is 18.8 Å². The standard InChI is InChI=1S/C14H16F3NO2/c1-9-8-10(14(15,16)17)2-3-12(9)13(19)18-11-4-6-20-7-5-11/h2-3,8,11H,4-7H2,1H3,(H,18,19). The van der Waals surface area contributed by atoms with Crippen molar-refractivity contribution in [2.45, 2.75) is 32.0 Å². The van der Waals surface area contributed by atoms with Gasteiger partial charge in [-0.2, -0.15) is 13.2 Å². The summed E-state index contributed by atoms with van der Waals surface area (Å²) in [6.45, 7) is 2.70. The van der Waals surface area contributed by atoms with Crippen LogP contribution < -0.4 is 5.32 Å². The van der Waals surface area contributed by atoms with Gasteiger partial charge in [-0.25, -0.2) is 0 Å². The van der Waals surface area contributed by atoms with Crippen LogP contribution in [0.2, 0.25) is 0 Å². The van der Waals surface area contributed by atoms with Crippen molar-refractivity contribution >= 4 is 5.91 Å². The number of hydrogen-bond donors (Lipinski definition) is 1. The van der Waals surface area contributed by atoms with E-state index < -0.39 is 11.7 Å². The Morgan fingerprint density at radius 2 is 1.95 bits per heavy atom. The molecule has 1 saturated heterocycles. The average Bonchev–Trinajstić information content (AvgIpc) is 2.38. The van der Waals surface area contributed by atoms with E-state index in [2.05, 4.69) is 5.32 Å². The molecule has 0 aliphatic carbocycles. The van der Waals surface area contributed by atoms with Crippen molar-refractivity contribution in [3.8, 4) is 0 Å². The number of benzene rings is 1. The molecule has 1 N–H and O–H groups in total. The third kappa shape index (κ3) is 3.50. The molecule has 1 aliphatic rings. The molecule has 1 aromatic carbocycles. The molecule has 0 unspecified atom stereocenters. The molecular weight excluding hydrogens is 271 g/mol. The van der Waals surface area contributed by atoms with Crippen molar-refractivity contribution in [2.75, 3.05) is 13.2 Å². The lowest BCUT2D eigenvalue weighted by Crippen LogP contribution is -2.39. The van der Waals surface area contributed by atoms with Crippen LogP contribution in [0.15, 0.2) is 18.2 Å². The second-order valence-electron chi connectivity index (χ2n) is 4.89. The van der Waals surface area contributed by atoms with Gasteiger partial charge in [-0.15, -0.1) is 0 Å². The number of rotatable bonds is 2. The van der Waals surface area contributed by atoms with Crippen molar-refractivity contribution in [3.63, 3.8) is 0 Å². The number of alkyl halides is 3. The van der Waals surface area contributed by atoms with Gasteiger partial charge in [-0.3, -0.25) is 4.79 Å². The fraction of sp³-hybridized carbons (Fsp3) is 0.500. The highest BCUT2D eigenvalue weighted by Gasteiger charge is 2.31. The number of halogens is 3. The molecule has 1 heterocycles. The van der Waals surface area contributed by atoms with Gasteiger partial charge in [0.2, 0.25) is 0 Å². The predicted molar refractivity (Wildman–Crippen MR) is 67.5 cm³/mol. The van der Waals surface area contributed by atoms with Gasteiger partial charge in [0.05, 0.1) is 5.56 Å². The second-order valence-corrected chi connectivity index (χ2v) is 4.89. The van der Waals surface area contributed by atoms with Crippen molar-refractivity contribution in [1.82, 2.24) is 5.32 Å². The fourth-order valence-corrected chi connectivity index (χ4v) is 2.20. The lowest BCUT2D eigenvalue weighted by Gasteiger charge is -2.23. The summed E-state index contributed by atoms with van der Waals surface area (Å²) in [6.07, 6.45) is -2.93. The molecule has 0 radical (unpaired) electrons. The molecule has 6 heteroatoms. The maximum atomic E-state index is 12.6. The first kappa shape index (κ1) is 14.8. The van der Waals surface area contributed by atoms with Crippen molar-refractivity contribution in [2.24, 2.45) is 0 Å². The summed E-state index contributed by atoms with van der Waals surface area (Å²) in [6, 6.07) is 3.19. The first-order valence-electron chi connectivity index (χ1n) is 6.44. The molecule has 110 valence electrons. The number of carbonyl (C=O) groups is 1. The minimum absolute atomic E-state index is 0.0259. The van der Waals surface area contributed by atoms with Crippen LogP contribution in [0, 0.1) is 6.92 Å². The fourth-order valence-electron chi connectivity index (χ4n) is 2.20. The highest BCUT2D eigenvalue weighted by atomic mass is 19.4. The van der Waals surface area contributed by atoms with E-state index in [4.69, 9.17) is 4.74 Å². The summed E-state index contributed by atoms with van der Waals surface area (Å²) in [5.74, 6) is -0.330. The topological polar surface area (TPSA) is 38.3 Å². The van der Waals surface area contributed by atoms with Crippen LogP contribution in [0.4, 0.5) is 13.2 Å². The maximum Gasteiger partial charge on any atom is 0.416 e. The highest BCUT2D eigenvalue weighted by Crippen LogP contribution is 2.30. The van der Waals surface area contributed by atoms with Crippen LogP contribution in [0.25, 0.3) is 0 Å². The summed E-state index contributed by atoms with van der Waals surface area (Å²) in [5.41, 5.74) is -0.133. The van der Waals surface area contributed by atoms with E-state index in [0.717, 1.165) is 25.0 Å². The van der Waals surface area contributed by atoms with E-state index in [1.807, 2.05) is 0 Å². The second kappa shape index (κ2) is 5.83. The van der Waals surface area contributed by atoms with Gasteiger partial charge in [0.15, 0.2) is 0 Å². The molecule has 0 aromatic heterocycles. The zero-order valence-corrected chi connectivity index (χ0v) is 11.1.